The Hall–Kier alpha value is -0.830. The highest BCUT2D eigenvalue weighted by atomic mass is 16.5. The van der Waals surface area contributed by atoms with E-state index >= 15 is 0 Å². The molecule has 0 heterocycles. The fourth-order valence-corrected chi connectivity index (χ4v) is 0.911. The van der Waals surface area contributed by atoms with Gasteiger partial charge in [-0.3, -0.25) is 0 Å². The summed E-state index contributed by atoms with van der Waals surface area (Å²) in [5.41, 5.74) is 0.457. The first-order valence-electron chi connectivity index (χ1n) is 4.59. The number of nitrogens with zero attached hydrogens (tertiary/aromatic N) is 1. The van der Waals surface area contributed by atoms with Crippen LogP contribution in [0.2, 0.25) is 0 Å². The van der Waals surface area contributed by atoms with Gasteiger partial charge in [-0.25, -0.2) is 4.79 Å². The van der Waals surface area contributed by atoms with Crippen molar-refractivity contribution >= 4 is 5.97 Å². The highest BCUT2D eigenvalue weighted by Gasteiger charge is 2.03. The third-order valence-electron chi connectivity index (χ3n) is 1.66. The van der Waals surface area contributed by atoms with Crippen molar-refractivity contribution in [1.29, 1.82) is 0 Å². The van der Waals surface area contributed by atoms with Crippen LogP contribution >= 0.6 is 0 Å². The van der Waals surface area contributed by atoms with Crippen LogP contribution in [0, 0.1) is 0 Å². The molecule has 0 unspecified atom stereocenters. The summed E-state index contributed by atoms with van der Waals surface area (Å²) in [4.78, 5) is 13.1. The Morgan fingerprint density at radius 1 is 1.46 bits per heavy atom. The number of hydrogen-bond acceptors (Lipinski definition) is 3. The molecule has 0 rings (SSSR count). The Morgan fingerprint density at radius 3 is 2.54 bits per heavy atom. The molecule has 0 radical (unpaired) electrons. The van der Waals surface area contributed by atoms with Crippen molar-refractivity contribution in [3.8, 4) is 0 Å². The molecule has 13 heavy (non-hydrogen) atoms. The molecular weight excluding hydrogens is 166 g/mol. The SMILES string of the molecule is C=C(C)C(=O)OCCN(C)CCC. The quantitative estimate of drug-likeness (QED) is 0.463. The molecule has 76 valence electrons. The van der Waals surface area contributed by atoms with Crippen LogP contribution in [0.1, 0.15) is 20.3 Å². The zero-order valence-corrected chi connectivity index (χ0v) is 8.80. The van der Waals surface area contributed by atoms with Crippen LogP contribution in [0.3, 0.4) is 0 Å². The minimum atomic E-state index is -0.301. The van der Waals surface area contributed by atoms with Gasteiger partial charge in [-0.2, -0.15) is 0 Å². The molecule has 0 fully saturated rings. The highest BCUT2D eigenvalue weighted by molar-refractivity contribution is 5.86. The van der Waals surface area contributed by atoms with E-state index in [9.17, 15) is 4.79 Å². The summed E-state index contributed by atoms with van der Waals surface area (Å²) in [5, 5.41) is 0. The maximum Gasteiger partial charge on any atom is 0.333 e. The van der Waals surface area contributed by atoms with E-state index < -0.39 is 0 Å². The molecule has 0 saturated heterocycles. The number of carbonyl (C=O) groups is 1. The van der Waals surface area contributed by atoms with Gasteiger partial charge in [0.25, 0.3) is 0 Å². The van der Waals surface area contributed by atoms with Crippen LogP contribution in [-0.2, 0) is 9.53 Å². The average Bonchev–Trinajstić information content (AvgIpc) is 2.04. The lowest BCUT2D eigenvalue weighted by molar-refractivity contribution is -0.139. The van der Waals surface area contributed by atoms with Crippen LogP contribution in [-0.4, -0.2) is 37.6 Å². The minimum Gasteiger partial charge on any atom is -0.461 e. The highest BCUT2D eigenvalue weighted by Crippen LogP contribution is 1.92. The topological polar surface area (TPSA) is 29.5 Å². The van der Waals surface area contributed by atoms with Gasteiger partial charge < -0.3 is 9.64 Å². The lowest BCUT2D eigenvalue weighted by atomic mass is 10.4. The second kappa shape index (κ2) is 6.66. The zero-order chi connectivity index (χ0) is 10.3. The van der Waals surface area contributed by atoms with Crippen LogP contribution < -0.4 is 0 Å². The molecule has 0 aliphatic heterocycles. The molecule has 0 aliphatic rings. The monoisotopic (exact) mass is 185 g/mol. The molecule has 0 aromatic rings. The third-order valence-corrected chi connectivity index (χ3v) is 1.66. The minimum absolute atomic E-state index is 0.301. The van der Waals surface area contributed by atoms with Crippen molar-refractivity contribution < 1.29 is 9.53 Å². The fourth-order valence-electron chi connectivity index (χ4n) is 0.911. The zero-order valence-electron chi connectivity index (χ0n) is 8.80. The molecule has 0 atom stereocenters. The number of hydrogen-bond donors (Lipinski definition) is 0. The van der Waals surface area contributed by atoms with E-state index in [4.69, 9.17) is 4.74 Å². The van der Waals surface area contributed by atoms with Gasteiger partial charge in [0.1, 0.15) is 6.61 Å². The Balaban J connectivity index is 3.44. The van der Waals surface area contributed by atoms with Crippen LogP contribution in [0.25, 0.3) is 0 Å². The predicted molar refractivity (Wildman–Crippen MR) is 53.6 cm³/mol. The summed E-state index contributed by atoms with van der Waals surface area (Å²) in [5.74, 6) is -0.301. The molecule has 3 nitrogen and oxygen atoms in total. The van der Waals surface area contributed by atoms with E-state index in [1.165, 1.54) is 0 Å². The number of rotatable bonds is 6. The van der Waals surface area contributed by atoms with Gasteiger partial charge in [-0.05, 0) is 26.9 Å². The lowest BCUT2D eigenvalue weighted by Crippen LogP contribution is -2.25. The predicted octanol–water partition coefficient (Wildman–Crippen LogP) is 1.45. The molecule has 0 aromatic carbocycles. The van der Waals surface area contributed by atoms with E-state index in [0.29, 0.717) is 12.2 Å². The molecule has 0 aromatic heterocycles. The van der Waals surface area contributed by atoms with E-state index in [2.05, 4.69) is 18.4 Å². The Morgan fingerprint density at radius 2 is 2.08 bits per heavy atom. The number of likely N-dealkylation sites (N-methyl/N-ethyl adjacent to an activating group) is 1. The summed E-state index contributed by atoms with van der Waals surface area (Å²) in [6.07, 6.45) is 1.12. The maximum atomic E-state index is 10.9. The van der Waals surface area contributed by atoms with Gasteiger partial charge in [0.15, 0.2) is 0 Å². The molecule has 0 amide bonds. The molecule has 0 spiro atoms. The summed E-state index contributed by atoms with van der Waals surface area (Å²) < 4.78 is 4.94. The molecular formula is C10H19NO2. The maximum absolute atomic E-state index is 10.9. The standard InChI is InChI=1S/C10H19NO2/c1-5-6-11(4)7-8-13-10(12)9(2)3/h2,5-8H2,1,3-4H3. The van der Waals surface area contributed by atoms with Crippen LogP contribution in [0.4, 0.5) is 0 Å². The largest absolute Gasteiger partial charge is 0.461 e. The van der Waals surface area contributed by atoms with Crippen molar-refractivity contribution in [2.45, 2.75) is 20.3 Å². The van der Waals surface area contributed by atoms with E-state index in [1.54, 1.807) is 6.92 Å². The van der Waals surface area contributed by atoms with Crippen LogP contribution in [0.5, 0.6) is 0 Å². The number of ether oxygens (including phenoxy) is 1. The molecule has 0 bridgehead atoms. The van der Waals surface area contributed by atoms with Crippen molar-refractivity contribution in [3.05, 3.63) is 12.2 Å². The second-order valence-corrected chi connectivity index (χ2v) is 3.22. The first-order valence-corrected chi connectivity index (χ1v) is 4.59. The summed E-state index contributed by atoms with van der Waals surface area (Å²) in [6.45, 7) is 9.54. The van der Waals surface area contributed by atoms with E-state index in [1.807, 2.05) is 7.05 Å². The smallest absolute Gasteiger partial charge is 0.333 e. The van der Waals surface area contributed by atoms with Crippen molar-refractivity contribution in [2.75, 3.05) is 26.7 Å². The Kier molecular flexibility index (Phi) is 6.24. The normalized spacial score (nSPS) is 10.2. The summed E-state index contributed by atoms with van der Waals surface area (Å²) >= 11 is 0. The van der Waals surface area contributed by atoms with Gasteiger partial charge >= 0.3 is 5.97 Å². The third kappa shape index (κ3) is 6.34. The lowest BCUT2D eigenvalue weighted by Gasteiger charge is -2.14. The molecule has 0 aliphatic carbocycles. The first-order chi connectivity index (χ1) is 6.07. The van der Waals surface area contributed by atoms with Gasteiger partial charge in [-0.1, -0.05) is 13.5 Å². The van der Waals surface area contributed by atoms with E-state index in [-0.39, 0.29) is 5.97 Å². The van der Waals surface area contributed by atoms with Gasteiger partial charge in [0.05, 0.1) is 0 Å². The number of carbonyl (C=O) groups excluding carboxylic acids is 1. The molecule has 0 saturated carbocycles. The molecule has 0 N–H and O–H groups in total. The first kappa shape index (κ1) is 12.2. The van der Waals surface area contributed by atoms with Gasteiger partial charge in [-0.15, -0.1) is 0 Å². The van der Waals surface area contributed by atoms with E-state index in [0.717, 1.165) is 19.5 Å². The van der Waals surface area contributed by atoms with Gasteiger partial charge in [0.2, 0.25) is 0 Å². The molecule has 3 heteroatoms. The second-order valence-electron chi connectivity index (χ2n) is 3.22. The summed E-state index contributed by atoms with van der Waals surface area (Å²) in [6, 6.07) is 0. The summed E-state index contributed by atoms with van der Waals surface area (Å²) in [7, 11) is 2.01. The fraction of sp³-hybridized carbons (Fsp3) is 0.700. The Labute approximate surface area is 80.4 Å². The van der Waals surface area contributed by atoms with Crippen molar-refractivity contribution in [1.82, 2.24) is 4.90 Å². The van der Waals surface area contributed by atoms with Gasteiger partial charge in [0, 0.05) is 12.1 Å². The number of esters is 1. The van der Waals surface area contributed by atoms with Crippen molar-refractivity contribution in [2.24, 2.45) is 0 Å². The average molecular weight is 185 g/mol. The van der Waals surface area contributed by atoms with Crippen LogP contribution in [0.15, 0.2) is 12.2 Å². The van der Waals surface area contributed by atoms with Crippen molar-refractivity contribution in [3.63, 3.8) is 0 Å². The Bertz CT molecular complexity index is 178.